The minimum atomic E-state index is -0.430. The normalized spacial score (nSPS) is 17.1. The van der Waals surface area contributed by atoms with Crippen molar-refractivity contribution in [1.29, 1.82) is 0 Å². The van der Waals surface area contributed by atoms with E-state index in [-0.39, 0.29) is 10.6 Å². The molecular formula is C12H15NO3. The summed E-state index contributed by atoms with van der Waals surface area (Å²) in [4.78, 5) is 10.4. The van der Waals surface area contributed by atoms with Gasteiger partial charge in [0, 0.05) is 18.1 Å². The largest absolute Gasteiger partial charge is 0.392 e. The number of rotatable bonds is 4. The van der Waals surface area contributed by atoms with E-state index in [1.54, 1.807) is 12.1 Å². The quantitative estimate of drug-likeness (QED) is 0.626. The molecule has 0 bridgehead atoms. The van der Waals surface area contributed by atoms with E-state index in [2.05, 4.69) is 0 Å². The van der Waals surface area contributed by atoms with E-state index in [9.17, 15) is 15.2 Å². The Morgan fingerprint density at radius 1 is 1.56 bits per heavy atom. The zero-order valence-corrected chi connectivity index (χ0v) is 9.22. The van der Waals surface area contributed by atoms with E-state index in [4.69, 9.17) is 0 Å². The molecule has 1 aliphatic carbocycles. The molecule has 1 aliphatic rings. The highest BCUT2D eigenvalue weighted by Gasteiger charge is 2.31. The Hall–Kier alpha value is -1.42. The fourth-order valence-corrected chi connectivity index (χ4v) is 1.93. The van der Waals surface area contributed by atoms with E-state index in [1.165, 1.54) is 6.07 Å². The molecule has 1 aromatic carbocycles. The predicted molar refractivity (Wildman–Crippen MR) is 60.3 cm³/mol. The summed E-state index contributed by atoms with van der Waals surface area (Å²) in [6.45, 7) is 1.90. The first-order valence-electron chi connectivity index (χ1n) is 5.50. The highest BCUT2D eigenvalue weighted by molar-refractivity contribution is 5.43. The molecule has 0 aromatic heterocycles. The number of nitro groups is 1. The second kappa shape index (κ2) is 4.22. The van der Waals surface area contributed by atoms with Crippen LogP contribution in [0.4, 0.5) is 5.69 Å². The van der Waals surface area contributed by atoms with Crippen LogP contribution in [0.15, 0.2) is 18.2 Å². The van der Waals surface area contributed by atoms with Crippen LogP contribution in [0.25, 0.3) is 0 Å². The Morgan fingerprint density at radius 3 is 2.81 bits per heavy atom. The van der Waals surface area contributed by atoms with Crippen LogP contribution in [0, 0.1) is 23.0 Å². The Balaban J connectivity index is 2.22. The first-order valence-corrected chi connectivity index (χ1v) is 5.50. The smallest absolute Gasteiger partial charge is 0.272 e. The fourth-order valence-electron chi connectivity index (χ4n) is 1.93. The second-order valence-electron chi connectivity index (χ2n) is 4.50. The molecule has 86 valence electrons. The van der Waals surface area contributed by atoms with E-state index in [0.29, 0.717) is 17.9 Å². The number of aliphatic hydroxyl groups excluding tert-OH is 1. The minimum absolute atomic E-state index is 0.116. The molecule has 0 saturated heterocycles. The average molecular weight is 221 g/mol. The molecule has 1 atom stereocenters. The summed E-state index contributed by atoms with van der Waals surface area (Å²) >= 11 is 0. The maximum atomic E-state index is 10.8. The lowest BCUT2D eigenvalue weighted by molar-refractivity contribution is -0.385. The molecule has 4 heteroatoms. The SMILES string of the molecule is Cc1ccc([N+](=O)[O-])c(CC(O)C2CC2)c1. The molecule has 0 amide bonds. The number of benzene rings is 1. The summed E-state index contributed by atoms with van der Waals surface area (Å²) < 4.78 is 0. The van der Waals surface area contributed by atoms with E-state index < -0.39 is 6.10 Å². The Labute approximate surface area is 94.1 Å². The molecule has 16 heavy (non-hydrogen) atoms. The number of nitro benzene ring substituents is 1. The van der Waals surface area contributed by atoms with Crippen LogP contribution in [-0.4, -0.2) is 16.1 Å². The third kappa shape index (κ3) is 2.39. The van der Waals surface area contributed by atoms with Crippen molar-refractivity contribution in [3.63, 3.8) is 0 Å². The Morgan fingerprint density at radius 2 is 2.25 bits per heavy atom. The van der Waals surface area contributed by atoms with Gasteiger partial charge in [0.15, 0.2) is 0 Å². The Bertz CT molecular complexity index is 413. The monoisotopic (exact) mass is 221 g/mol. The van der Waals surface area contributed by atoms with Gasteiger partial charge in [0.1, 0.15) is 0 Å². The summed E-state index contributed by atoms with van der Waals surface area (Å²) in [5.41, 5.74) is 1.75. The van der Waals surface area contributed by atoms with Gasteiger partial charge in [0.25, 0.3) is 5.69 Å². The molecule has 1 unspecified atom stereocenters. The summed E-state index contributed by atoms with van der Waals surface area (Å²) in [6, 6.07) is 5.04. The van der Waals surface area contributed by atoms with Crippen molar-refractivity contribution in [2.45, 2.75) is 32.3 Å². The maximum absolute atomic E-state index is 10.8. The van der Waals surface area contributed by atoms with Crippen molar-refractivity contribution in [3.8, 4) is 0 Å². The van der Waals surface area contributed by atoms with Crippen molar-refractivity contribution in [2.75, 3.05) is 0 Å². The van der Waals surface area contributed by atoms with Gasteiger partial charge in [-0.1, -0.05) is 11.6 Å². The van der Waals surface area contributed by atoms with Crippen molar-refractivity contribution < 1.29 is 10.0 Å². The highest BCUT2D eigenvalue weighted by atomic mass is 16.6. The van der Waals surface area contributed by atoms with Gasteiger partial charge in [-0.3, -0.25) is 10.1 Å². The summed E-state index contributed by atoms with van der Waals surface area (Å²) in [5.74, 6) is 0.347. The van der Waals surface area contributed by atoms with Gasteiger partial charge >= 0.3 is 0 Å². The molecule has 4 nitrogen and oxygen atoms in total. The summed E-state index contributed by atoms with van der Waals surface area (Å²) in [7, 11) is 0. The lowest BCUT2D eigenvalue weighted by Gasteiger charge is -2.09. The summed E-state index contributed by atoms with van der Waals surface area (Å²) in [5, 5.41) is 20.6. The van der Waals surface area contributed by atoms with Crippen LogP contribution in [0.3, 0.4) is 0 Å². The molecule has 1 aromatic rings. The molecule has 0 spiro atoms. The van der Waals surface area contributed by atoms with E-state index in [1.807, 2.05) is 6.92 Å². The highest BCUT2D eigenvalue weighted by Crippen LogP contribution is 2.35. The zero-order chi connectivity index (χ0) is 11.7. The van der Waals surface area contributed by atoms with Gasteiger partial charge in [-0.15, -0.1) is 0 Å². The topological polar surface area (TPSA) is 63.4 Å². The molecular weight excluding hydrogens is 206 g/mol. The van der Waals surface area contributed by atoms with Crippen molar-refractivity contribution in [3.05, 3.63) is 39.4 Å². The third-order valence-corrected chi connectivity index (χ3v) is 3.03. The standard InChI is InChI=1S/C12H15NO3/c1-8-2-5-11(13(15)16)10(6-8)7-12(14)9-3-4-9/h2,5-6,9,12,14H,3-4,7H2,1H3. The predicted octanol–water partition coefficient (Wildman–Crippen LogP) is 2.22. The third-order valence-electron chi connectivity index (χ3n) is 3.03. The molecule has 0 radical (unpaired) electrons. The maximum Gasteiger partial charge on any atom is 0.272 e. The van der Waals surface area contributed by atoms with Gasteiger partial charge in [-0.05, 0) is 31.7 Å². The molecule has 1 fully saturated rings. The van der Waals surface area contributed by atoms with Crippen LogP contribution < -0.4 is 0 Å². The van der Waals surface area contributed by atoms with Crippen molar-refractivity contribution in [1.82, 2.24) is 0 Å². The molecule has 0 heterocycles. The van der Waals surface area contributed by atoms with Gasteiger partial charge < -0.3 is 5.11 Å². The molecule has 2 rings (SSSR count). The fraction of sp³-hybridized carbons (Fsp3) is 0.500. The van der Waals surface area contributed by atoms with Crippen LogP contribution in [0.5, 0.6) is 0 Å². The number of hydrogen-bond donors (Lipinski definition) is 1. The van der Waals surface area contributed by atoms with Crippen LogP contribution in [0.2, 0.25) is 0 Å². The first-order chi connectivity index (χ1) is 7.58. The molecule has 1 saturated carbocycles. The van der Waals surface area contributed by atoms with Crippen LogP contribution in [0.1, 0.15) is 24.0 Å². The van der Waals surface area contributed by atoms with Crippen LogP contribution in [-0.2, 0) is 6.42 Å². The van der Waals surface area contributed by atoms with Gasteiger partial charge in [0.05, 0.1) is 11.0 Å². The van der Waals surface area contributed by atoms with Gasteiger partial charge in [-0.2, -0.15) is 0 Å². The first kappa shape index (κ1) is 11.1. The van der Waals surface area contributed by atoms with Gasteiger partial charge in [-0.25, -0.2) is 0 Å². The van der Waals surface area contributed by atoms with E-state index in [0.717, 1.165) is 18.4 Å². The number of aliphatic hydroxyl groups is 1. The second-order valence-corrected chi connectivity index (χ2v) is 4.50. The average Bonchev–Trinajstić information content (AvgIpc) is 2.99. The zero-order valence-electron chi connectivity index (χ0n) is 9.22. The number of aryl methyl sites for hydroxylation is 1. The lowest BCUT2D eigenvalue weighted by atomic mass is 10.0. The lowest BCUT2D eigenvalue weighted by Crippen LogP contribution is -2.14. The van der Waals surface area contributed by atoms with Crippen LogP contribution >= 0.6 is 0 Å². The molecule has 0 aliphatic heterocycles. The molecule has 1 N–H and O–H groups in total. The van der Waals surface area contributed by atoms with E-state index >= 15 is 0 Å². The minimum Gasteiger partial charge on any atom is -0.392 e. The number of hydrogen-bond acceptors (Lipinski definition) is 3. The number of nitrogens with zero attached hydrogens (tertiary/aromatic N) is 1. The van der Waals surface area contributed by atoms with Crippen molar-refractivity contribution in [2.24, 2.45) is 5.92 Å². The summed E-state index contributed by atoms with van der Waals surface area (Å²) in [6.07, 6.45) is 2.05. The van der Waals surface area contributed by atoms with Gasteiger partial charge in [0.2, 0.25) is 0 Å². The Kier molecular flexibility index (Phi) is 2.92. The van der Waals surface area contributed by atoms with Crippen molar-refractivity contribution >= 4 is 5.69 Å².